The Bertz CT molecular complexity index is 967. The van der Waals surface area contributed by atoms with Gasteiger partial charge in [0.2, 0.25) is 0 Å². The first-order valence-electron chi connectivity index (χ1n) is 8.07. The molecular formula is C20H19ClN2O2. The van der Waals surface area contributed by atoms with E-state index in [-0.39, 0.29) is 5.92 Å². The van der Waals surface area contributed by atoms with Crippen LogP contribution in [0, 0.1) is 6.92 Å². The summed E-state index contributed by atoms with van der Waals surface area (Å²) in [5, 5.41) is 1.62. The molecule has 4 nitrogen and oxygen atoms in total. The minimum atomic E-state index is -0.448. The molecule has 0 aliphatic rings. The van der Waals surface area contributed by atoms with Gasteiger partial charge in [-0.3, -0.25) is 4.98 Å². The number of nitrogens with zero attached hydrogens (tertiary/aromatic N) is 2. The van der Waals surface area contributed by atoms with E-state index in [1.807, 2.05) is 51.1 Å². The quantitative estimate of drug-likeness (QED) is 0.609. The highest BCUT2D eigenvalue weighted by atomic mass is 35.5. The van der Waals surface area contributed by atoms with Gasteiger partial charge >= 0.3 is 5.97 Å². The second-order valence-electron chi connectivity index (χ2n) is 6.21. The molecule has 2 aromatic heterocycles. The lowest BCUT2D eigenvalue weighted by Crippen LogP contribution is -2.11. The van der Waals surface area contributed by atoms with E-state index in [1.54, 1.807) is 6.20 Å². The zero-order valence-electron chi connectivity index (χ0n) is 14.6. The van der Waals surface area contributed by atoms with Crippen molar-refractivity contribution in [3.8, 4) is 11.1 Å². The SMILES string of the molecule is COC(=O)c1nc(C(C)C)c2c(-c3cccc(Cl)c3)ccnc2c1C. The monoisotopic (exact) mass is 354 g/mol. The highest BCUT2D eigenvalue weighted by Gasteiger charge is 2.21. The number of ether oxygens (including phenoxy) is 1. The molecular weight excluding hydrogens is 336 g/mol. The van der Waals surface area contributed by atoms with Gasteiger partial charge in [0.05, 0.1) is 18.3 Å². The maximum Gasteiger partial charge on any atom is 0.357 e. The van der Waals surface area contributed by atoms with Crippen molar-refractivity contribution in [1.82, 2.24) is 9.97 Å². The number of aryl methyl sites for hydroxylation is 1. The maximum absolute atomic E-state index is 12.1. The molecule has 2 heterocycles. The highest BCUT2D eigenvalue weighted by Crippen LogP contribution is 2.35. The number of rotatable bonds is 3. The second-order valence-corrected chi connectivity index (χ2v) is 6.65. The van der Waals surface area contributed by atoms with E-state index < -0.39 is 5.97 Å². The summed E-state index contributed by atoms with van der Waals surface area (Å²) >= 11 is 6.17. The Morgan fingerprint density at radius 3 is 2.64 bits per heavy atom. The third-order valence-corrected chi connectivity index (χ3v) is 4.45. The van der Waals surface area contributed by atoms with Crippen molar-refractivity contribution in [3.63, 3.8) is 0 Å². The summed E-state index contributed by atoms with van der Waals surface area (Å²) in [7, 11) is 1.36. The molecule has 5 heteroatoms. The van der Waals surface area contributed by atoms with Gasteiger partial charge in [0, 0.05) is 22.2 Å². The average molecular weight is 355 g/mol. The fraction of sp³-hybridized carbons (Fsp3) is 0.250. The lowest BCUT2D eigenvalue weighted by atomic mass is 9.94. The molecule has 0 bridgehead atoms. The van der Waals surface area contributed by atoms with Crippen molar-refractivity contribution in [2.45, 2.75) is 26.7 Å². The van der Waals surface area contributed by atoms with Crippen LogP contribution in [0.5, 0.6) is 0 Å². The third-order valence-electron chi connectivity index (χ3n) is 4.21. The van der Waals surface area contributed by atoms with Gasteiger partial charge in [0.1, 0.15) is 0 Å². The highest BCUT2D eigenvalue weighted by molar-refractivity contribution is 6.30. The van der Waals surface area contributed by atoms with Crippen LogP contribution in [0.15, 0.2) is 36.5 Å². The predicted octanol–water partition coefficient (Wildman–Crippen LogP) is 5.17. The van der Waals surface area contributed by atoms with Crippen molar-refractivity contribution in [1.29, 1.82) is 0 Å². The Morgan fingerprint density at radius 2 is 2.00 bits per heavy atom. The largest absolute Gasteiger partial charge is 0.464 e. The van der Waals surface area contributed by atoms with Gasteiger partial charge in [-0.05, 0) is 42.2 Å². The van der Waals surface area contributed by atoms with Gasteiger partial charge in [-0.15, -0.1) is 0 Å². The number of methoxy groups -OCH3 is 1. The average Bonchev–Trinajstić information content (AvgIpc) is 2.60. The molecule has 1 aromatic carbocycles. The van der Waals surface area contributed by atoms with Crippen LogP contribution in [0.25, 0.3) is 22.0 Å². The standard InChI is InChI=1S/C20H19ClN2O2/c1-11(2)17-16-15(13-6-5-7-14(21)10-13)8-9-22-18(16)12(3)19(23-17)20(24)25-4/h5-11H,1-4H3. The van der Waals surface area contributed by atoms with E-state index in [1.165, 1.54) is 7.11 Å². The van der Waals surface area contributed by atoms with Crippen molar-refractivity contribution in [2.24, 2.45) is 0 Å². The Hall–Kier alpha value is -2.46. The molecule has 0 amide bonds. The van der Waals surface area contributed by atoms with Crippen molar-refractivity contribution < 1.29 is 9.53 Å². The first kappa shape index (κ1) is 17.4. The molecule has 0 N–H and O–H groups in total. The van der Waals surface area contributed by atoms with Gasteiger partial charge in [0.25, 0.3) is 0 Å². The van der Waals surface area contributed by atoms with E-state index in [0.717, 1.165) is 33.3 Å². The number of hydrogen-bond acceptors (Lipinski definition) is 4. The zero-order valence-corrected chi connectivity index (χ0v) is 15.4. The molecule has 0 radical (unpaired) electrons. The molecule has 0 aliphatic heterocycles. The van der Waals surface area contributed by atoms with Crippen LogP contribution < -0.4 is 0 Å². The lowest BCUT2D eigenvalue weighted by Gasteiger charge is -2.17. The number of pyridine rings is 2. The topological polar surface area (TPSA) is 52.1 Å². The lowest BCUT2D eigenvalue weighted by molar-refractivity contribution is 0.0593. The number of benzene rings is 1. The van der Waals surface area contributed by atoms with E-state index in [2.05, 4.69) is 9.97 Å². The summed E-state index contributed by atoms with van der Waals surface area (Å²) < 4.78 is 4.88. The fourth-order valence-electron chi connectivity index (χ4n) is 2.99. The zero-order chi connectivity index (χ0) is 18.1. The van der Waals surface area contributed by atoms with E-state index in [0.29, 0.717) is 10.7 Å². The smallest absolute Gasteiger partial charge is 0.357 e. The Morgan fingerprint density at radius 1 is 1.24 bits per heavy atom. The molecule has 0 saturated heterocycles. The molecule has 0 unspecified atom stereocenters. The van der Waals surface area contributed by atoms with Gasteiger partial charge in [-0.1, -0.05) is 37.6 Å². The maximum atomic E-state index is 12.1. The molecule has 3 aromatic rings. The van der Waals surface area contributed by atoms with Crippen molar-refractivity contribution in [2.75, 3.05) is 7.11 Å². The molecule has 0 aliphatic carbocycles. The van der Waals surface area contributed by atoms with Gasteiger partial charge in [-0.25, -0.2) is 9.78 Å². The minimum Gasteiger partial charge on any atom is -0.464 e. The van der Waals surface area contributed by atoms with E-state index in [4.69, 9.17) is 16.3 Å². The number of hydrogen-bond donors (Lipinski definition) is 0. The summed E-state index contributed by atoms with van der Waals surface area (Å²) in [6, 6.07) is 9.65. The molecule has 0 atom stereocenters. The molecule has 25 heavy (non-hydrogen) atoms. The summed E-state index contributed by atoms with van der Waals surface area (Å²) in [6.07, 6.45) is 1.75. The molecule has 0 saturated carbocycles. The number of halogens is 1. The van der Waals surface area contributed by atoms with Crippen LogP contribution >= 0.6 is 11.6 Å². The van der Waals surface area contributed by atoms with Gasteiger partial charge < -0.3 is 4.74 Å². The number of carbonyl (C=O) groups is 1. The normalized spacial score (nSPS) is 11.1. The number of esters is 1. The van der Waals surface area contributed by atoms with Gasteiger partial charge in [0.15, 0.2) is 5.69 Å². The first-order valence-corrected chi connectivity index (χ1v) is 8.45. The van der Waals surface area contributed by atoms with Crippen LogP contribution in [0.4, 0.5) is 0 Å². The molecule has 0 fully saturated rings. The molecule has 3 rings (SSSR count). The predicted molar refractivity (Wildman–Crippen MR) is 100 cm³/mol. The van der Waals surface area contributed by atoms with Crippen LogP contribution in [0.2, 0.25) is 5.02 Å². The summed E-state index contributed by atoms with van der Waals surface area (Å²) in [5.41, 5.74) is 4.61. The summed E-state index contributed by atoms with van der Waals surface area (Å²) in [4.78, 5) is 21.3. The van der Waals surface area contributed by atoms with E-state index >= 15 is 0 Å². The first-order chi connectivity index (χ1) is 11.9. The van der Waals surface area contributed by atoms with Crippen LogP contribution in [-0.2, 0) is 4.74 Å². The van der Waals surface area contributed by atoms with Crippen LogP contribution in [0.3, 0.4) is 0 Å². The molecule has 0 spiro atoms. The van der Waals surface area contributed by atoms with Crippen LogP contribution in [-0.4, -0.2) is 23.0 Å². The Balaban J connectivity index is 2.42. The Labute approximate surface area is 151 Å². The number of carbonyl (C=O) groups excluding carboxylic acids is 1. The van der Waals surface area contributed by atoms with E-state index in [9.17, 15) is 4.79 Å². The Kier molecular flexibility index (Phi) is 4.73. The number of aromatic nitrogens is 2. The van der Waals surface area contributed by atoms with Crippen molar-refractivity contribution >= 4 is 28.5 Å². The number of fused-ring (bicyclic) bond motifs is 1. The van der Waals surface area contributed by atoms with Gasteiger partial charge in [-0.2, -0.15) is 0 Å². The second kappa shape index (κ2) is 6.81. The summed E-state index contributed by atoms with van der Waals surface area (Å²) in [6.45, 7) is 5.94. The minimum absolute atomic E-state index is 0.119. The third kappa shape index (κ3) is 3.10. The summed E-state index contributed by atoms with van der Waals surface area (Å²) in [5.74, 6) is -0.329. The van der Waals surface area contributed by atoms with Crippen molar-refractivity contribution in [3.05, 3.63) is 58.5 Å². The fourth-order valence-corrected chi connectivity index (χ4v) is 3.18. The molecule has 128 valence electrons. The van der Waals surface area contributed by atoms with Crippen LogP contribution in [0.1, 0.15) is 41.5 Å².